The first-order valence-corrected chi connectivity index (χ1v) is 7.97. The van der Waals surface area contributed by atoms with Crippen LogP contribution in [0.4, 0.5) is 10.6 Å². The summed E-state index contributed by atoms with van der Waals surface area (Å²) in [6.07, 6.45) is 4.72. The van der Waals surface area contributed by atoms with Gasteiger partial charge in [-0.1, -0.05) is 0 Å². The molecule has 0 radical (unpaired) electrons. The number of carbonyl (C=O) groups excluding carboxylic acids is 1. The van der Waals surface area contributed by atoms with Gasteiger partial charge in [0.15, 0.2) is 0 Å². The third-order valence-electron chi connectivity index (χ3n) is 3.67. The van der Waals surface area contributed by atoms with Crippen LogP contribution in [0.25, 0.3) is 0 Å². The van der Waals surface area contributed by atoms with Crippen molar-refractivity contribution in [2.24, 2.45) is 0 Å². The molecule has 1 heterocycles. The lowest BCUT2D eigenvalue weighted by Gasteiger charge is -2.30. The van der Waals surface area contributed by atoms with Crippen molar-refractivity contribution in [3.63, 3.8) is 0 Å². The standard InChI is InChI=1S/C17H24N4O2/c1-17(2,3)21-16(22)23-14-7-5-13(6-8-14)20-15-9-4-12(10-18)11-19-15/h4,9,11,13-14H,5-8H2,1-3H3,(H,19,20)(H,21,22). The number of nitrogens with one attached hydrogen (secondary N) is 2. The van der Waals surface area contributed by atoms with E-state index in [-0.39, 0.29) is 17.7 Å². The van der Waals surface area contributed by atoms with Crippen LogP contribution in [0.5, 0.6) is 0 Å². The molecule has 0 atom stereocenters. The van der Waals surface area contributed by atoms with Gasteiger partial charge in [-0.25, -0.2) is 9.78 Å². The molecular formula is C17H24N4O2. The molecular weight excluding hydrogens is 292 g/mol. The first-order chi connectivity index (χ1) is 10.9. The summed E-state index contributed by atoms with van der Waals surface area (Å²) in [7, 11) is 0. The number of amides is 1. The number of hydrogen-bond donors (Lipinski definition) is 2. The van der Waals surface area contributed by atoms with Gasteiger partial charge in [-0.05, 0) is 58.6 Å². The number of rotatable bonds is 3. The molecule has 0 saturated heterocycles. The molecule has 1 aliphatic rings. The van der Waals surface area contributed by atoms with Gasteiger partial charge in [0.1, 0.15) is 18.0 Å². The second kappa shape index (κ2) is 7.32. The Labute approximate surface area is 137 Å². The quantitative estimate of drug-likeness (QED) is 0.894. The van der Waals surface area contributed by atoms with Crippen LogP contribution in [0, 0.1) is 11.3 Å². The fourth-order valence-electron chi connectivity index (χ4n) is 2.57. The second-order valence-electron chi connectivity index (χ2n) is 6.94. The zero-order valence-corrected chi connectivity index (χ0v) is 13.9. The number of ether oxygens (including phenoxy) is 1. The highest BCUT2D eigenvalue weighted by molar-refractivity contribution is 5.68. The van der Waals surface area contributed by atoms with Crippen LogP contribution in [0.3, 0.4) is 0 Å². The van der Waals surface area contributed by atoms with E-state index >= 15 is 0 Å². The van der Waals surface area contributed by atoms with Crippen LogP contribution in [0.1, 0.15) is 52.0 Å². The van der Waals surface area contributed by atoms with Gasteiger partial charge in [0, 0.05) is 17.8 Å². The summed E-state index contributed by atoms with van der Waals surface area (Å²) in [6, 6.07) is 5.94. The van der Waals surface area contributed by atoms with Crippen LogP contribution in [0.15, 0.2) is 18.3 Å². The molecule has 1 fully saturated rings. The fraction of sp³-hybridized carbons (Fsp3) is 0.588. The summed E-state index contributed by atoms with van der Waals surface area (Å²) < 4.78 is 5.47. The van der Waals surface area contributed by atoms with Crippen molar-refractivity contribution in [3.8, 4) is 6.07 Å². The van der Waals surface area contributed by atoms with Crippen LogP contribution in [0.2, 0.25) is 0 Å². The van der Waals surface area contributed by atoms with E-state index in [9.17, 15) is 4.79 Å². The molecule has 0 spiro atoms. The summed E-state index contributed by atoms with van der Waals surface area (Å²) in [5, 5.41) is 14.9. The Morgan fingerprint density at radius 2 is 2.00 bits per heavy atom. The Kier molecular flexibility index (Phi) is 5.43. The van der Waals surface area contributed by atoms with Gasteiger partial charge >= 0.3 is 6.09 Å². The normalized spacial score (nSPS) is 21.1. The highest BCUT2D eigenvalue weighted by atomic mass is 16.6. The molecule has 6 heteroatoms. The Morgan fingerprint density at radius 1 is 1.30 bits per heavy atom. The molecule has 0 aliphatic heterocycles. The van der Waals surface area contributed by atoms with E-state index in [4.69, 9.17) is 10.00 Å². The van der Waals surface area contributed by atoms with E-state index in [2.05, 4.69) is 21.7 Å². The molecule has 2 N–H and O–H groups in total. The molecule has 1 amide bonds. The molecule has 2 rings (SSSR count). The number of carbonyl (C=O) groups is 1. The Hall–Kier alpha value is -2.29. The average Bonchev–Trinajstić information content (AvgIpc) is 2.48. The Morgan fingerprint density at radius 3 is 2.52 bits per heavy atom. The third kappa shape index (κ3) is 5.78. The number of nitrogens with zero attached hydrogens (tertiary/aromatic N) is 2. The second-order valence-corrected chi connectivity index (χ2v) is 6.94. The lowest BCUT2D eigenvalue weighted by molar-refractivity contribution is 0.0682. The Bertz CT molecular complexity index is 564. The van der Waals surface area contributed by atoms with Gasteiger partial charge in [0.2, 0.25) is 0 Å². The van der Waals surface area contributed by atoms with Gasteiger partial charge in [0.05, 0.1) is 5.56 Å². The molecule has 1 aliphatic carbocycles. The van der Waals surface area contributed by atoms with Crippen molar-refractivity contribution in [3.05, 3.63) is 23.9 Å². The highest BCUT2D eigenvalue weighted by Crippen LogP contribution is 2.24. The molecule has 0 bridgehead atoms. The smallest absolute Gasteiger partial charge is 0.407 e. The first kappa shape index (κ1) is 17.1. The minimum absolute atomic E-state index is 0.0238. The lowest BCUT2D eigenvalue weighted by atomic mass is 9.93. The highest BCUT2D eigenvalue weighted by Gasteiger charge is 2.25. The molecule has 0 aromatic carbocycles. The topological polar surface area (TPSA) is 87.0 Å². The number of hydrogen-bond acceptors (Lipinski definition) is 5. The first-order valence-electron chi connectivity index (χ1n) is 7.97. The maximum atomic E-state index is 11.8. The lowest BCUT2D eigenvalue weighted by Crippen LogP contribution is -2.43. The Balaban J connectivity index is 1.75. The van der Waals surface area contributed by atoms with Crippen LogP contribution in [-0.2, 0) is 4.74 Å². The van der Waals surface area contributed by atoms with Crippen molar-refractivity contribution in [1.82, 2.24) is 10.3 Å². The van der Waals surface area contributed by atoms with Crippen LogP contribution < -0.4 is 10.6 Å². The van der Waals surface area contributed by atoms with Gasteiger partial charge < -0.3 is 15.4 Å². The van der Waals surface area contributed by atoms with Crippen LogP contribution >= 0.6 is 0 Å². The van der Waals surface area contributed by atoms with E-state index in [1.807, 2.05) is 26.8 Å². The number of pyridine rings is 1. The summed E-state index contributed by atoms with van der Waals surface area (Å²) in [6.45, 7) is 5.79. The van der Waals surface area contributed by atoms with Gasteiger partial charge in [-0.2, -0.15) is 5.26 Å². The third-order valence-corrected chi connectivity index (χ3v) is 3.67. The van der Waals surface area contributed by atoms with Crippen molar-refractivity contribution in [1.29, 1.82) is 5.26 Å². The van der Waals surface area contributed by atoms with Crippen molar-refractivity contribution >= 4 is 11.9 Å². The van der Waals surface area contributed by atoms with Crippen molar-refractivity contribution in [2.75, 3.05) is 5.32 Å². The largest absolute Gasteiger partial charge is 0.446 e. The van der Waals surface area contributed by atoms with Gasteiger partial charge in [-0.15, -0.1) is 0 Å². The molecule has 0 unspecified atom stereocenters. The van der Waals surface area contributed by atoms with Crippen molar-refractivity contribution in [2.45, 2.75) is 64.1 Å². The van der Waals surface area contributed by atoms with E-state index in [0.29, 0.717) is 11.6 Å². The molecule has 6 nitrogen and oxygen atoms in total. The maximum Gasteiger partial charge on any atom is 0.407 e. The molecule has 124 valence electrons. The maximum absolute atomic E-state index is 11.8. The van der Waals surface area contributed by atoms with E-state index in [0.717, 1.165) is 31.5 Å². The zero-order chi connectivity index (χ0) is 16.9. The predicted octanol–water partition coefficient (Wildman–Crippen LogP) is 3.20. The monoisotopic (exact) mass is 316 g/mol. The predicted molar refractivity (Wildman–Crippen MR) is 88.0 cm³/mol. The van der Waals surface area contributed by atoms with Gasteiger partial charge in [0.25, 0.3) is 0 Å². The number of aromatic nitrogens is 1. The van der Waals surface area contributed by atoms with Gasteiger partial charge in [-0.3, -0.25) is 0 Å². The molecule has 1 saturated carbocycles. The molecule has 23 heavy (non-hydrogen) atoms. The summed E-state index contributed by atoms with van der Waals surface area (Å²) in [5.74, 6) is 0.777. The number of anilines is 1. The van der Waals surface area contributed by atoms with E-state index in [1.54, 1.807) is 12.3 Å². The molecule has 1 aromatic rings. The minimum Gasteiger partial charge on any atom is -0.446 e. The zero-order valence-electron chi connectivity index (χ0n) is 13.9. The summed E-state index contributed by atoms with van der Waals surface area (Å²) in [4.78, 5) is 16.0. The van der Waals surface area contributed by atoms with E-state index in [1.165, 1.54) is 0 Å². The van der Waals surface area contributed by atoms with Crippen LogP contribution in [-0.4, -0.2) is 28.8 Å². The molecule has 1 aromatic heterocycles. The minimum atomic E-state index is -0.345. The average molecular weight is 316 g/mol. The fourth-order valence-corrected chi connectivity index (χ4v) is 2.57. The number of nitriles is 1. The van der Waals surface area contributed by atoms with Crippen molar-refractivity contribution < 1.29 is 9.53 Å². The summed E-state index contributed by atoms with van der Waals surface area (Å²) in [5.41, 5.74) is 0.273. The number of alkyl carbamates (subject to hydrolysis) is 1. The van der Waals surface area contributed by atoms with E-state index < -0.39 is 0 Å². The SMILES string of the molecule is CC(C)(C)NC(=O)OC1CCC(Nc2ccc(C#N)cn2)CC1. The summed E-state index contributed by atoms with van der Waals surface area (Å²) >= 11 is 0.